The highest BCUT2D eigenvalue weighted by molar-refractivity contribution is 5.34. The van der Waals surface area contributed by atoms with Crippen LogP contribution in [0.15, 0.2) is 48.5 Å². The van der Waals surface area contributed by atoms with E-state index >= 15 is 0 Å². The summed E-state index contributed by atoms with van der Waals surface area (Å²) in [5, 5.41) is 8.92. The molecule has 2 aromatic carbocycles. The molecule has 0 radical (unpaired) electrons. The van der Waals surface area contributed by atoms with Crippen LogP contribution in [0.25, 0.3) is 0 Å². The van der Waals surface area contributed by atoms with E-state index in [1.54, 1.807) is 0 Å². The zero-order valence-electron chi connectivity index (χ0n) is 15.2. The maximum Gasteiger partial charge on any atom is 0.119 e. The van der Waals surface area contributed by atoms with E-state index in [1.165, 1.54) is 36.8 Å². The van der Waals surface area contributed by atoms with E-state index in [0.717, 1.165) is 17.7 Å². The summed E-state index contributed by atoms with van der Waals surface area (Å²) < 4.78 is 5.88. The Labute approximate surface area is 151 Å². The van der Waals surface area contributed by atoms with Crippen LogP contribution in [0.3, 0.4) is 0 Å². The minimum Gasteiger partial charge on any atom is -0.491 e. The second-order valence-corrected chi connectivity index (χ2v) is 7.19. The van der Waals surface area contributed by atoms with Crippen LogP contribution in [0.1, 0.15) is 74.5 Å². The second-order valence-electron chi connectivity index (χ2n) is 7.19. The van der Waals surface area contributed by atoms with Crippen molar-refractivity contribution in [3.8, 4) is 11.8 Å². The van der Waals surface area contributed by atoms with Gasteiger partial charge in [-0.3, -0.25) is 0 Å². The average molecular weight is 333 g/mol. The summed E-state index contributed by atoms with van der Waals surface area (Å²) >= 11 is 0. The molecule has 0 bridgehead atoms. The van der Waals surface area contributed by atoms with Gasteiger partial charge in [-0.2, -0.15) is 5.26 Å². The summed E-state index contributed by atoms with van der Waals surface area (Å²) in [5.41, 5.74) is 3.57. The van der Waals surface area contributed by atoms with Crippen molar-refractivity contribution in [3.05, 3.63) is 65.2 Å². The predicted molar refractivity (Wildman–Crippen MR) is 102 cm³/mol. The molecule has 0 amide bonds. The fraction of sp³-hybridized carbons (Fsp3) is 0.435. The van der Waals surface area contributed by atoms with Gasteiger partial charge in [0.15, 0.2) is 0 Å². The highest BCUT2D eigenvalue weighted by Crippen LogP contribution is 2.40. The van der Waals surface area contributed by atoms with Gasteiger partial charge in [0.05, 0.1) is 17.7 Å². The molecule has 0 spiro atoms. The van der Waals surface area contributed by atoms with Gasteiger partial charge in [-0.05, 0) is 86.3 Å². The number of nitrogens with zero attached hydrogens (tertiary/aromatic N) is 1. The third-order valence-electron chi connectivity index (χ3n) is 5.50. The molecule has 2 heteroatoms. The fourth-order valence-electron chi connectivity index (χ4n) is 3.72. The summed E-state index contributed by atoms with van der Waals surface area (Å²) in [4.78, 5) is 0. The molecule has 0 saturated heterocycles. The molecule has 2 aromatic rings. The minimum absolute atomic E-state index is 0.272. The minimum atomic E-state index is 0.272. The summed E-state index contributed by atoms with van der Waals surface area (Å²) in [7, 11) is 0. The number of nitriles is 1. The van der Waals surface area contributed by atoms with Gasteiger partial charge in [-0.1, -0.05) is 31.2 Å². The van der Waals surface area contributed by atoms with Crippen LogP contribution in [0, 0.1) is 11.3 Å². The molecule has 130 valence electrons. The van der Waals surface area contributed by atoms with E-state index in [2.05, 4.69) is 56.3 Å². The molecule has 3 rings (SSSR count). The topological polar surface area (TPSA) is 33.0 Å². The van der Waals surface area contributed by atoms with E-state index in [4.69, 9.17) is 10.00 Å². The predicted octanol–water partition coefficient (Wildman–Crippen LogP) is 6.18. The molecule has 1 atom stereocenters. The molecule has 2 nitrogen and oxygen atoms in total. The SMILES string of the molecule is CCC(C)Oc1ccc(C2CCC(c3ccc(C#N)cc3)CC2)cc1. The molecular weight excluding hydrogens is 306 g/mol. The van der Waals surface area contributed by atoms with Gasteiger partial charge in [-0.25, -0.2) is 0 Å². The molecule has 1 fully saturated rings. The highest BCUT2D eigenvalue weighted by atomic mass is 16.5. The Kier molecular flexibility index (Phi) is 5.76. The average Bonchev–Trinajstić information content (AvgIpc) is 2.69. The number of benzene rings is 2. The van der Waals surface area contributed by atoms with Gasteiger partial charge >= 0.3 is 0 Å². The van der Waals surface area contributed by atoms with Gasteiger partial charge in [0.25, 0.3) is 0 Å². The summed E-state index contributed by atoms with van der Waals surface area (Å²) in [6.45, 7) is 4.25. The molecule has 0 aliphatic heterocycles. The lowest BCUT2D eigenvalue weighted by atomic mass is 9.76. The Morgan fingerprint density at radius 3 is 1.84 bits per heavy atom. The van der Waals surface area contributed by atoms with Crippen LogP contribution in [0.4, 0.5) is 0 Å². The molecule has 1 unspecified atom stereocenters. The number of hydrogen-bond donors (Lipinski definition) is 0. The lowest BCUT2D eigenvalue weighted by Crippen LogP contribution is -2.12. The molecular formula is C23H27NO. The Balaban J connectivity index is 1.57. The molecule has 1 aliphatic carbocycles. The molecule has 1 saturated carbocycles. The molecule has 1 aliphatic rings. The van der Waals surface area contributed by atoms with E-state index in [-0.39, 0.29) is 6.10 Å². The quantitative estimate of drug-likeness (QED) is 0.655. The third-order valence-corrected chi connectivity index (χ3v) is 5.50. The van der Waals surface area contributed by atoms with Crippen LogP contribution >= 0.6 is 0 Å². The fourth-order valence-corrected chi connectivity index (χ4v) is 3.72. The zero-order valence-corrected chi connectivity index (χ0v) is 15.2. The van der Waals surface area contributed by atoms with Crippen molar-refractivity contribution >= 4 is 0 Å². The Hall–Kier alpha value is -2.27. The van der Waals surface area contributed by atoms with Crippen LogP contribution in [0.2, 0.25) is 0 Å². The van der Waals surface area contributed by atoms with Gasteiger partial charge in [-0.15, -0.1) is 0 Å². The first-order valence-corrected chi connectivity index (χ1v) is 9.46. The van der Waals surface area contributed by atoms with Crippen LogP contribution in [-0.2, 0) is 0 Å². The van der Waals surface area contributed by atoms with Gasteiger partial charge in [0, 0.05) is 0 Å². The molecule has 0 aromatic heterocycles. The van der Waals surface area contributed by atoms with Crippen molar-refractivity contribution in [2.75, 3.05) is 0 Å². The van der Waals surface area contributed by atoms with Gasteiger partial charge < -0.3 is 4.74 Å². The van der Waals surface area contributed by atoms with Crippen molar-refractivity contribution in [2.45, 2.75) is 63.9 Å². The first-order valence-electron chi connectivity index (χ1n) is 9.46. The second kappa shape index (κ2) is 8.21. The summed E-state index contributed by atoms with van der Waals surface area (Å²) in [6, 6.07) is 19.1. The first-order chi connectivity index (χ1) is 12.2. The third kappa shape index (κ3) is 4.42. The normalized spacial score (nSPS) is 21.3. The Morgan fingerprint density at radius 1 is 0.920 bits per heavy atom. The first kappa shape index (κ1) is 17.5. The summed E-state index contributed by atoms with van der Waals surface area (Å²) in [6.07, 6.45) is 6.21. The Bertz CT molecular complexity index is 703. The van der Waals surface area contributed by atoms with Gasteiger partial charge in [0.1, 0.15) is 5.75 Å². The monoisotopic (exact) mass is 333 g/mol. The van der Waals surface area contributed by atoms with Crippen LogP contribution < -0.4 is 4.74 Å². The summed E-state index contributed by atoms with van der Waals surface area (Å²) in [5.74, 6) is 2.27. The largest absolute Gasteiger partial charge is 0.491 e. The standard InChI is InChI=1S/C23H27NO/c1-3-17(2)25-23-14-12-22(13-15-23)21-10-8-20(9-11-21)19-6-4-18(16-24)5-7-19/h4-7,12-15,17,20-21H,3,8-11H2,1-2H3. The van der Waals surface area contributed by atoms with E-state index < -0.39 is 0 Å². The lowest BCUT2D eigenvalue weighted by molar-refractivity contribution is 0.217. The molecule has 25 heavy (non-hydrogen) atoms. The number of ether oxygens (including phenoxy) is 1. The Morgan fingerprint density at radius 2 is 1.40 bits per heavy atom. The van der Waals surface area contributed by atoms with E-state index in [9.17, 15) is 0 Å². The maximum absolute atomic E-state index is 8.92. The smallest absolute Gasteiger partial charge is 0.119 e. The highest BCUT2D eigenvalue weighted by Gasteiger charge is 2.23. The van der Waals surface area contributed by atoms with Crippen molar-refractivity contribution in [3.63, 3.8) is 0 Å². The van der Waals surface area contributed by atoms with Crippen LogP contribution in [-0.4, -0.2) is 6.10 Å². The van der Waals surface area contributed by atoms with Crippen LogP contribution in [0.5, 0.6) is 5.75 Å². The van der Waals surface area contributed by atoms with Gasteiger partial charge in [0.2, 0.25) is 0 Å². The van der Waals surface area contributed by atoms with E-state index in [0.29, 0.717) is 11.8 Å². The van der Waals surface area contributed by atoms with Crippen molar-refractivity contribution in [1.29, 1.82) is 5.26 Å². The lowest BCUT2D eigenvalue weighted by Gasteiger charge is -2.29. The van der Waals surface area contributed by atoms with Crippen molar-refractivity contribution < 1.29 is 4.74 Å². The van der Waals surface area contributed by atoms with Crippen molar-refractivity contribution in [1.82, 2.24) is 0 Å². The molecule has 0 N–H and O–H groups in total. The molecule has 0 heterocycles. The van der Waals surface area contributed by atoms with E-state index in [1.807, 2.05) is 12.1 Å². The number of hydrogen-bond acceptors (Lipinski definition) is 2. The number of rotatable bonds is 5. The van der Waals surface area contributed by atoms with Crippen molar-refractivity contribution in [2.24, 2.45) is 0 Å². The zero-order chi connectivity index (χ0) is 17.6. The maximum atomic E-state index is 8.92.